The lowest BCUT2D eigenvalue weighted by atomic mass is 10.0. The van der Waals surface area contributed by atoms with Crippen LogP contribution >= 0.6 is 0 Å². The first-order chi connectivity index (χ1) is 8.08. The Morgan fingerprint density at radius 1 is 1.35 bits per heavy atom. The molecule has 4 heteroatoms. The Bertz CT molecular complexity index is 355. The van der Waals surface area contributed by atoms with Crippen molar-refractivity contribution in [3.63, 3.8) is 0 Å². The Morgan fingerprint density at radius 2 is 2.06 bits per heavy atom. The van der Waals surface area contributed by atoms with E-state index in [-0.39, 0.29) is 24.3 Å². The normalized spacial score (nSPS) is 14.4. The molecule has 0 fully saturated rings. The van der Waals surface area contributed by atoms with Gasteiger partial charge in [0.1, 0.15) is 0 Å². The van der Waals surface area contributed by atoms with Crippen molar-refractivity contribution in [3.8, 4) is 11.5 Å². The molecule has 2 unspecified atom stereocenters. The van der Waals surface area contributed by atoms with Crippen molar-refractivity contribution in [1.82, 2.24) is 5.32 Å². The molecule has 17 heavy (non-hydrogen) atoms. The average Bonchev–Trinajstić information content (AvgIpc) is 2.35. The van der Waals surface area contributed by atoms with Crippen LogP contribution in [0, 0.1) is 5.92 Å². The molecule has 0 aliphatic carbocycles. The lowest BCUT2D eigenvalue weighted by Crippen LogP contribution is -2.33. The zero-order valence-corrected chi connectivity index (χ0v) is 10.6. The van der Waals surface area contributed by atoms with E-state index in [4.69, 9.17) is 9.84 Å². The number of nitrogens with one attached hydrogen (secondary N) is 1. The molecule has 4 nitrogen and oxygen atoms in total. The van der Waals surface area contributed by atoms with Crippen molar-refractivity contribution in [2.75, 3.05) is 13.7 Å². The van der Waals surface area contributed by atoms with Gasteiger partial charge in [0.15, 0.2) is 11.5 Å². The number of rotatable bonds is 6. The Morgan fingerprint density at radius 3 is 2.59 bits per heavy atom. The number of hydrogen-bond acceptors (Lipinski definition) is 4. The van der Waals surface area contributed by atoms with Gasteiger partial charge in [-0.05, 0) is 30.5 Å². The summed E-state index contributed by atoms with van der Waals surface area (Å²) in [4.78, 5) is 0. The highest BCUT2D eigenvalue weighted by atomic mass is 16.5. The van der Waals surface area contributed by atoms with Crippen molar-refractivity contribution in [2.24, 2.45) is 5.92 Å². The molecule has 0 saturated carbocycles. The van der Waals surface area contributed by atoms with Gasteiger partial charge in [0, 0.05) is 19.2 Å². The summed E-state index contributed by atoms with van der Waals surface area (Å²) in [6.07, 6.45) is 0. The summed E-state index contributed by atoms with van der Waals surface area (Å²) < 4.78 is 4.98. The van der Waals surface area contributed by atoms with E-state index in [0.29, 0.717) is 12.3 Å². The first-order valence-corrected chi connectivity index (χ1v) is 5.78. The fourth-order valence-electron chi connectivity index (χ4n) is 1.48. The topological polar surface area (TPSA) is 61.7 Å². The molecule has 1 aromatic rings. The van der Waals surface area contributed by atoms with E-state index in [0.717, 1.165) is 5.56 Å². The highest BCUT2D eigenvalue weighted by molar-refractivity contribution is 5.41. The third-order valence-electron chi connectivity index (χ3n) is 3.01. The molecule has 1 aromatic carbocycles. The maximum absolute atomic E-state index is 9.62. The predicted octanol–water partition coefficient (Wildman–Crippen LogP) is 1.51. The molecule has 1 rings (SSSR count). The zero-order valence-electron chi connectivity index (χ0n) is 10.6. The molecule has 0 saturated heterocycles. The second-order valence-electron chi connectivity index (χ2n) is 4.34. The van der Waals surface area contributed by atoms with Crippen LogP contribution in [0.15, 0.2) is 18.2 Å². The molecule has 0 heterocycles. The quantitative estimate of drug-likeness (QED) is 0.704. The molecule has 2 atom stereocenters. The average molecular weight is 239 g/mol. The largest absolute Gasteiger partial charge is 0.504 e. The van der Waals surface area contributed by atoms with Crippen LogP contribution in [0.5, 0.6) is 11.5 Å². The van der Waals surface area contributed by atoms with E-state index in [1.165, 1.54) is 7.11 Å². The number of hydrogen-bond donors (Lipinski definition) is 3. The number of benzene rings is 1. The van der Waals surface area contributed by atoms with Crippen molar-refractivity contribution in [1.29, 1.82) is 0 Å². The minimum absolute atomic E-state index is 0.148. The van der Waals surface area contributed by atoms with E-state index in [1.54, 1.807) is 12.1 Å². The monoisotopic (exact) mass is 239 g/mol. The van der Waals surface area contributed by atoms with Crippen LogP contribution in [0.25, 0.3) is 0 Å². The Balaban J connectivity index is 2.55. The van der Waals surface area contributed by atoms with E-state index in [2.05, 4.69) is 5.32 Å². The molecule has 0 spiro atoms. The zero-order chi connectivity index (χ0) is 12.8. The second-order valence-corrected chi connectivity index (χ2v) is 4.34. The standard InChI is InChI=1S/C13H21NO3/c1-9(8-15)10(2)14-7-11-4-5-13(17-3)12(16)6-11/h4-6,9-10,14-16H,7-8H2,1-3H3. The summed E-state index contributed by atoms with van der Waals surface area (Å²) in [5.41, 5.74) is 0.986. The Labute approximate surface area is 102 Å². The summed E-state index contributed by atoms with van der Waals surface area (Å²) >= 11 is 0. The summed E-state index contributed by atoms with van der Waals surface area (Å²) in [5.74, 6) is 0.835. The lowest BCUT2D eigenvalue weighted by Gasteiger charge is -2.19. The van der Waals surface area contributed by atoms with Crippen molar-refractivity contribution in [3.05, 3.63) is 23.8 Å². The van der Waals surface area contributed by atoms with Crippen molar-refractivity contribution >= 4 is 0 Å². The third kappa shape index (κ3) is 3.91. The first kappa shape index (κ1) is 13.8. The number of ether oxygens (including phenoxy) is 1. The number of phenolic OH excluding ortho intramolecular Hbond substituents is 1. The van der Waals surface area contributed by atoms with E-state index >= 15 is 0 Å². The first-order valence-electron chi connectivity index (χ1n) is 5.78. The van der Waals surface area contributed by atoms with Gasteiger partial charge in [0.05, 0.1) is 7.11 Å². The molecular weight excluding hydrogens is 218 g/mol. The minimum Gasteiger partial charge on any atom is -0.504 e. The van der Waals surface area contributed by atoms with Crippen LogP contribution in [-0.4, -0.2) is 30.0 Å². The molecule has 3 N–H and O–H groups in total. The van der Waals surface area contributed by atoms with Gasteiger partial charge in [-0.2, -0.15) is 0 Å². The van der Waals surface area contributed by atoms with Gasteiger partial charge in [-0.1, -0.05) is 13.0 Å². The molecule has 0 bridgehead atoms. The van der Waals surface area contributed by atoms with Gasteiger partial charge >= 0.3 is 0 Å². The van der Waals surface area contributed by atoms with Gasteiger partial charge < -0.3 is 20.3 Å². The summed E-state index contributed by atoms with van der Waals surface area (Å²) in [6, 6.07) is 5.56. The van der Waals surface area contributed by atoms with E-state index in [1.807, 2.05) is 19.9 Å². The summed E-state index contributed by atoms with van der Waals surface area (Å²) in [7, 11) is 1.53. The van der Waals surface area contributed by atoms with Crippen molar-refractivity contribution in [2.45, 2.75) is 26.4 Å². The van der Waals surface area contributed by atoms with Gasteiger partial charge in [-0.3, -0.25) is 0 Å². The summed E-state index contributed by atoms with van der Waals surface area (Å²) in [6.45, 7) is 4.85. The number of aliphatic hydroxyl groups is 1. The fourth-order valence-corrected chi connectivity index (χ4v) is 1.48. The second kappa shape index (κ2) is 6.47. The van der Waals surface area contributed by atoms with Crippen LogP contribution in [0.1, 0.15) is 19.4 Å². The van der Waals surface area contributed by atoms with Gasteiger partial charge in [0.25, 0.3) is 0 Å². The van der Waals surface area contributed by atoms with Crippen LogP contribution < -0.4 is 10.1 Å². The van der Waals surface area contributed by atoms with Crippen molar-refractivity contribution < 1.29 is 14.9 Å². The molecule has 0 radical (unpaired) electrons. The number of aromatic hydroxyl groups is 1. The van der Waals surface area contributed by atoms with E-state index in [9.17, 15) is 5.11 Å². The Hall–Kier alpha value is -1.26. The highest BCUT2D eigenvalue weighted by Crippen LogP contribution is 2.26. The minimum atomic E-state index is 0.148. The fraction of sp³-hybridized carbons (Fsp3) is 0.538. The number of phenols is 1. The Kier molecular flexibility index (Phi) is 5.25. The molecule has 96 valence electrons. The third-order valence-corrected chi connectivity index (χ3v) is 3.01. The molecule has 0 aliphatic heterocycles. The van der Waals surface area contributed by atoms with Crippen LogP contribution in [0.3, 0.4) is 0 Å². The molecule has 0 aromatic heterocycles. The number of methoxy groups -OCH3 is 1. The molecule has 0 amide bonds. The summed E-state index contributed by atoms with van der Waals surface area (Å²) in [5, 5.41) is 21.9. The molecule has 0 aliphatic rings. The maximum Gasteiger partial charge on any atom is 0.160 e. The maximum atomic E-state index is 9.62. The van der Waals surface area contributed by atoms with Gasteiger partial charge in [0.2, 0.25) is 0 Å². The number of aliphatic hydroxyl groups excluding tert-OH is 1. The lowest BCUT2D eigenvalue weighted by molar-refractivity contribution is 0.207. The SMILES string of the molecule is COc1ccc(CNC(C)C(C)CO)cc1O. The van der Waals surface area contributed by atoms with Crippen LogP contribution in [-0.2, 0) is 6.54 Å². The predicted molar refractivity (Wildman–Crippen MR) is 67.2 cm³/mol. The van der Waals surface area contributed by atoms with E-state index < -0.39 is 0 Å². The molecular formula is C13H21NO3. The van der Waals surface area contributed by atoms with Crippen LogP contribution in [0.4, 0.5) is 0 Å². The van der Waals surface area contributed by atoms with Crippen LogP contribution in [0.2, 0.25) is 0 Å². The highest BCUT2D eigenvalue weighted by Gasteiger charge is 2.10. The van der Waals surface area contributed by atoms with Gasteiger partial charge in [-0.25, -0.2) is 0 Å². The van der Waals surface area contributed by atoms with Gasteiger partial charge in [-0.15, -0.1) is 0 Å². The smallest absolute Gasteiger partial charge is 0.160 e.